The van der Waals surface area contributed by atoms with Crippen molar-refractivity contribution in [1.29, 1.82) is 0 Å². The standard InChI is InChI=1S/C8H6F5NO3/c9-6(10)3-1-5(17-8(11,12)13)7(16)14-4(3)2-15/h1,6,15H,2H2,(H,14,16). The van der Waals surface area contributed by atoms with E-state index in [-0.39, 0.29) is 6.07 Å². The summed E-state index contributed by atoms with van der Waals surface area (Å²) < 4.78 is 63.5. The number of H-pyrrole nitrogens is 1. The second-order valence-corrected chi connectivity index (χ2v) is 2.90. The lowest BCUT2D eigenvalue weighted by molar-refractivity contribution is -0.275. The Kier molecular flexibility index (Phi) is 3.71. The first-order valence-electron chi connectivity index (χ1n) is 4.15. The number of aliphatic hydroxyl groups is 1. The number of rotatable bonds is 3. The molecule has 0 unspecified atom stereocenters. The molecule has 0 aliphatic heterocycles. The number of halogens is 5. The van der Waals surface area contributed by atoms with Crippen LogP contribution in [-0.2, 0) is 6.61 Å². The highest BCUT2D eigenvalue weighted by atomic mass is 19.4. The van der Waals surface area contributed by atoms with Gasteiger partial charge in [-0.15, -0.1) is 13.2 Å². The van der Waals surface area contributed by atoms with Crippen molar-refractivity contribution in [2.24, 2.45) is 0 Å². The fourth-order valence-corrected chi connectivity index (χ4v) is 1.09. The summed E-state index contributed by atoms with van der Waals surface area (Å²) in [5.74, 6) is -1.30. The molecule has 0 atom stereocenters. The van der Waals surface area contributed by atoms with E-state index in [1.54, 1.807) is 4.98 Å². The van der Waals surface area contributed by atoms with Gasteiger partial charge in [-0.1, -0.05) is 0 Å². The van der Waals surface area contributed by atoms with Gasteiger partial charge in [0, 0.05) is 5.56 Å². The minimum Gasteiger partial charge on any atom is -0.400 e. The highest BCUT2D eigenvalue weighted by Gasteiger charge is 2.33. The molecule has 0 aliphatic rings. The number of ether oxygens (including phenoxy) is 1. The second kappa shape index (κ2) is 4.70. The second-order valence-electron chi connectivity index (χ2n) is 2.90. The minimum absolute atomic E-state index is 0.253. The maximum absolute atomic E-state index is 12.4. The van der Waals surface area contributed by atoms with Crippen LogP contribution in [0.25, 0.3) is 0 Å². The van der Waals surface area contributed by atoms with Crippen molar-refractivity contribution in [3.8, 4) is 5.75 Å². The van der Waals surface area contributed by atoms with Gasteiger partial charge in [0.2, 0.25) is 0 Å². The number of aromatic nitrogens is 1. The lowest BCUT2D eigenvalue weighted by atomic mass is 10.2. The maximum atomic E-state index is 12.4. The Balaban J connectivity index is 3.25. The topological polar surface area (TPSA) is 62.3 Å². The van der Waals surface area contributed by atoms with E-state index in [1.807, 2.05) is 0 Å². The largest absolute Gasteiger partial charge is 0.573 e. The summed E-state index contributed by atoms with van der Waals surface area (Å²) >= 11 is 0. The molecule has 0 aliphatic carbocycles. The van der Waals surface area contributed by atoms with Crippen LogP contribution >= 0.6 is 0 Å². The number of alkyl halides is 5. The summed E-state index contributed by atoms with van der Waals surface area (Å²) in [7, 11) is 0. The third-order valence-electron chi connectivity index (χ3n) is 1.74. The molecule has 0 aromatic carbocycles. The van der Waals surface area contributed by atoms with Crippen LogP contribution < -0.4 is 10.3 Å². The van der Waals surface area contributed by atoms with Crippen LogP contribution in [0.15, 0.2) is 10.9 Å². The zero-order valence-corrected chi connectivity index (χ0v) is 8.02. The molecule has 9 heteroatoms. The van der Waals surface area contributed by atoms with E-state index in [0.29, 0.717) is 0 Å². The van der Waals surface area contributed by atoms with E-state index < -0.39 is 42.0 Å². The predicted molar refractivity (Wildman–Crippen MR) is 44.6 cm³/mol. The normalized spacial score (nSPS) is 11.9. The van der Waals surface area contributed by atoms with E-state index in [1.165, 1.54) is 0 Å². The quantitative estimate of drug-likeness (QED) is 0.812. The van der Waals surface area contributed by atoms with E-state index >= 15 is 0 Å². The number of nitrogens with one attached hydrogen (secondary N) is 1. The van der Waals surface area contributed by atoms with Crippen LogP contribution in [0, 0.1) is 0 Å². The molecular formula is C8H6F5NO3. The van der Waals surface area contributed by atoms with Crippen molar-refractivity contribution in [1.82, 2.24) is 4.98 Å². The Morgan fingerprint density at radius 2 is 2.00 bits per heavy atom. The molecule has 0 bridgehead atoms. The molecule has 1 heterocycles. The van der Waals surface area contributed by atoms with Gasteiger partial charge in [0.15, 0.2) is 5.75 Å². The molecule has 0 radical (unpaired) electrons. The fraction of sp³-hybridized carbons (Fsp3) is 0.375. The number of hydrogen-bond donors (Lipinski definition) is 2. The molecule has 1 rings (SSSR count). The first-order chi connectivity index (χ1) is 7.74. The smallest absolute Gasteiger partial charge is 0.400 e. The van der Waals surface area contributed by atoms with Crippen LogP contribution in [-0.4, -0.2) is 16.5 Å². The van der Waals surface area contributed by atoms with E-state index in [2.05, 4.69) is 4.74 Å². The highest BCUT2D eigenvalue weighted by molar-refractivity contribution is 5.30. The zero-order valence-electron chi connectivity index (χ0n) is 8.02. The van der Waals surface area contributed by atoms with Gasteiger partial charge in [-0.2, -0.15) is 0 Å². The first kappa shape index (κ1) is 13.4. The van der Waals surface area contributed by atoms with Crippen LogP contribution in [0.1, 0.15) is 17.7 Å². The Bertz CT molecular complexity index is 453. The van der Waals surface area contributed by atoms with Crippen molar-refractivity contribution in [3.05, 3.63) is 27.7 Å². The van der Waals surface area contributed by atoms with Crippen molar-refractivity contribution >= 4 is 0 Å². The highest BCUT2D eigenvalue weighted by Crippen LogP contribution is 2.26. The summed E-state index contributed by atoms with van der Waals surface area (Å²) in [6.45, 7) is -0.929. The Labute approximate surface area is 90.6 Å². The molecule has 0 amide bonds. The maximum Gasteiger partial charge on any atom is 0.573 e. The summed E-state index contributed by atoms with van der Waals surface area (Å²) in [6.07, 6.45) is -8.31. The van der Waals surface area contributed by atoms with E-state index in [0.717, 1.165) is 0 Å². The Morgan fingerprint density at radius 3 is 2.41 bits per heavy atom. The fourth-order valence-electron chi connectivity index (χ4n) is 1.09. The lowest BCUT2D eigenvalue weighted by Crippen LogP contribution is -2.24. The van der Waals surface area contributed by atoms with Crippen molar-refractivity contribution in [3.63, 3.8) is 0 Å². The lowest BCUT2D eigenvalue weighted by Gasteiger charge is -2.11. The number of aromatic amines is 1. The summed E-state index contributed by atoms with van der Waals surface area (Å²) in [6, 6.07) is 0.253. The third-order valence-corrected chi connectivity index (χ3v) is 1.74. The monoisotopic (exact) mass is 259 g/mol. The average Bonchev–Trinajstić information content (AvgIpc) is 2.18. The molecular weight excluding hydrogens is 253 g/mol. The predicted octanol–water partition coefficient (Wildman–Crippen LogP) is 1.70. The molecule has 17 heavy (non-hydrogen) atoms. The van der Waals surface area contributed by atoms with Gasteiger partial charge in [-0.05, 0) is 6.07 Å². The molecule has 1 aromatic heterocycles. The van der Waals surface area contributed by atoms with Crippen LogP contribution in [0.3, 0.4) is 0 Å². The summed E-state index contributed by atoms with van der Waals surface area (Å²) in [4.78, 5) is 12.7. The third kappa shape index (κ3) is 3.41. The molecule has 0 saturated carbocycles. The number of hydrogen-bond acceptors (Lipinski definition) is 3. The van der Waals surface area contributed by atoms with E-state index in [4.69, 9.17) is 5.11 Å². The Hall–Kier alpha value is -1.64. The zero-order chi connectivity index (χ0) is 13.2. The molecule has 2 N–H and O–H groups in total. The molecule has 96 valence electrons. The summed E-state index contributed by atoms with van der Waals surface area (Å²) in [5.41, 5.74) is -2.83. The molecule has 0 saturated heterocycles. The minimum atomic E-state index is -5.16. The van der Waals surface area contributed by atoms with Gasteiger partial charge in [0.05, 0.1) is 12.3 Å². The molecule has 0 spiro atoms. The van der Waals surface area contributed by atoms with Gasteiger partial charge in [0.1, 0.15) is 0 Å². The Morgan fingerprint density at radius 1 is 1.41 bits per heavy atom. The van der Waals surface area contributed by atoms with Crippen molar-refractivity contribution in [2.75, 3.05) is 0 Å². The number of aliphatic hydroxyl groups excluding tert-OH is 1. The van der Waals surface area contributed by atoms with Crippen LogP contribution in [0.4, 0.5) is 22.0 Å². The number of pyridine rings is 1. The van der Waals surface area contributed by atoms with E-state index in [9.17, 15) is 26.7 Å². The van der Waals surface area contributed by atoms with Crippen LogP contribution in [0.5, 0.6) is 5.75 Å². The van der Waals surface area contributed by atoms with Crippen molar-refractivity contribution in [2.45, 2.75) is 19.4 Å². The van der Waals surface area contributed by atoms with Crippen molar-refractivity contribution < 1.29 is 31.8 Å². The van der Waals surface area contributed by atoms with Gasteiger partial charge in [-0.3, -0.25) is 4.79 Å². The van der Waals surface area contributed by atoms with Crippen LogP contribution in [0.2, 0.25) is 0 Å². The summed E-state index contributed by atoms with van der Waals surface area (Å²) in [5, 5.41) is 8.65. The average molecular weight is 259 g/mol. The van der Waals surface area contributed by atoms with Gasteiger partial charge < -0.3 is 14.8 Å². The van der Waals surface area contributed by atoms with Gasteiger partial charge in [0.25, 0.3) is 12.0 Å². The SMILES string of the molecule is O=c1[nH]c(CO)c(C(F)F)cc1OC(F)(F)F. The molecule has 1 aromatic rings. The van der Waals surface area contributed by atoms with Gasteiger partial charge >= 0.3 is 6.36 Å². The first-order valence-corrected chi connectivity index (χ1v) is 4.15. The molecule has 0 fully saturated rings. The molecule has 4 nitrogen and oxygen atoms in total. The van der Waals surface area contributed by atoms with Gasteiger partial charge in [-0.25, -0.2) is 8.78 Å².